The standard InChI is InChI=1S/C21H34O5/c1-14(12-18(24)26-5)6-7-16-20(4)10-9-17(23)19(2,3)15(20)8-11-21(16,25)13-22/h12-13,15-17,23,25H,6-11H2,1-5H3/b14-12-/t15-,16+,17-,20-,21+/m1/s1. The Balaban J connectivity index is 2.31. The fourth-order valence-electron chi connectivity index (χ4n) is 5.74. The van der Waals surface area contributed by atoms with E-state index in [2.05, 4.69) is 25.5 Å². The number of rotatable bonds is 5. The van der Waals surface area contributed by atoms with Gasteiger partial charge in [-0.1, -0.05) is 26.3 Å². The van der Waals surface area contributed by atoms with Crippen molar-refractivity contribution in [2.75, 3.05) is 7.11 Å². The van der Waals surface area contributed by atoms with Gasteiger partial charge >= 0.3 is 5.97 Å². The molecule has 0 saturated heterocycles. The third-order valence-corrected chi connectivity index (χ3v) is 7.34. The van der Waals surface area contributed by atoms with Gasteiger partial charge in [0.15, 0.2) is 6.29 Å². The quantitative estimate of drug-likeness (QED) is 0.444. The lowest BCUT2D eigenvalue weighted by molar-refractivity contribution is -0.196. The summed E-state index contributed by atoms with van der Waals surface area (Å²) in [6.45, 7) is 8.24. The molecule has 2 aliphatic rings. The Kier molecular flexibility index (Phi) is 6.03. The van der Waals surface area contributed by atoms with E-state index < -0.39 is 5.60 Å². The van der Waals surface area contributed by atoms with Gasteiger partial charge in [0.2, 0.25) is 0 Å². The van der Waals surface area contributed by atoms with E-state index in [9.17, 15) is 19.8 Å². The lowest BCUT2D eigenvalue weighted by atomic mass is 9.44. The molecule has 0 unspecified atom stereocenters. The van der Waals surface area contributed by atoms with Crippen LogP contribution < -0.4 is 0 Å². The van der Waals surface area contributed by atoms with Crippen LogP contribution in [-0.2, 0) is 14.3 Å². The number of ether oxygens (including phenoxy) is 1. The average molecular weight is 366 g/mol. The van der Waals surface area contributed by atoms with E-state index in [-0.39, 0.29) is 34.7 Å². The molecular formula is C21H34O5. The molecular weight excluding hydrogens is 332 g/mol. The number of carbonyl (C=O) groups excluding carboxylic acids is 2. The third kappa shape index (κ3) is 3.61. The van der Waals surface area contributed by atoms with E-state index in [0.29, 0.717) is 25.7 Å². The summed E-state index contributed by atoms with van der Waals surface area (Å²) in [6.07, 6.45) is 5.73. The number of hydrogen-bond acceptors (Lipinski definition) is 5. The second-order valence-electron chi connectivity index (χ2n) is 9.19. The monoisotopic (exact) mass is 366 g/mol. The Morgan fingerprint density at radius 3 is 2.46 bits per heavy atom. The number of hydrogen-bond donors (Lipinski definition) is 2. The molecule has 0 aliphatic heterocycles. The summed E-state index contributed by atoms with van der Waals surface area (Å²) in [4.78, 5) is 23.3. The van der Waals surface area contributed by atoms with Crippen LogP contribution in [0, 0.1) is 22.7 Å². The van der Waals surface area contributed by atoms with Crippen molar-refractivity contribution in [2.45, 2.75) is 77.9 Å². The number of carbonyl (C=O) groups is 2. The molecule has 5 nitrogen and oxygen atoms in total. The molecule has 2 N–H and O–H groups in total. The van der Waals surface area contributed by atoms with Crippen molar-refractivity contribution < 1.29 is 24.5 Å². The lowest BCUT2D eigenvalue weighted by Gasteiger charge is -2.62. The van der Waals surface area contributed by atoms with Crippen molar-refractivity contribution in [3.8, 4) is 0 Å². The molecule has 5 heteroatoms. The molecule has 5 atom stereocenters. The maximum absolute atomic E-state index is 11.8. The van der Waals surface area contributed by atoms with Gasteiger partial charge in [0, 0.05) is 12.0 Å². The predicted molar refractivity (Wildman–Crippen MR) is 99.4 cm³/mol. The van der Waals surface area contributed by atoms with Crippen LogP contribution in [0.15, 0.2) is 11.6 Å². The molecule has 0 aromatic carbocycles. The molecule has 2 saturated carbocycles. The van der Waals surface area contributed by atoms with Crippen LogP contribution in [0.4, 0.5) is 0 Å². The maximum Gasteiger partial charge on any atom is 0.330 e. The Morgan fingerprint density at radius 2 is 1.88 bits per heavy atom. The van der Waals surface area contributed by atoms with E-state index in [1.807, 2.05) is 6.92 Å². The first-order valence-corrected chi connectivity index (χ1v) is 9.63. The number of esters is 1. The minimum atomic E-state index is -1.34. The number of allylic oxidation sites excluding steroid dienone is 1. The van der Waals surface area contributed by atoms with Gasteiger partial charge in [-0.15, -0.1) is 0 Å². The molecule has 2 rings (SSSR count). The molecule has 0 radical (unpaired) electrons. The van der Waals surface area contributed by atoms with Gasteiger partial charge in [-0.2, -0.15) is 0 Å². The minimum absolute atomic E-state index is 0.195. The first-order valence-electron chi connectivity index (χ1n) is 9.63. The average Bonchev–Trinajstić information content (AvgIpc) is 2.57. The predicted octanol–water partition coefficient (Wildman–Crippen LogP) is 3.03. The fourth-order valence-corrected chi connectivity index (χ4v) is 5.74. The smallest absolute Gasteiger partial charge is 0.330 e. The van der Waals surface area contributed by atoms with E-state index in [0.717, 1.165) is 24.7 Å². The summed E-state index contributed by atoms with van der Waals surface area (Å²) >= 11 is 0. The topological polar surface area (TPSA) is 83.8 Å². The molecule has 0 aromatic heterocycles. The molecule has 2 fully saturated rings. The first kappa shape index (κ1) is 21.1. The normalized spacial score (nSPS) is 39.8. The van der Waals surface area contributed by atoms with E-state index in [4.69, 9.17) is 0 Å². The van der Waals surface area contributed by atoms with Crippen molar-refractivity contribution in [3.05, 3.63) is 11.6 Å². The van der Waals surface area contributed by atoms with Gasteiger partial charge in [0.05, 0.1) is 13.2 Å². The van der Waals surface area contributed by atoms with Crippen molar-refractivity contribution in [2.24, 2.45) is 22.7 Å². The second kappa shape index (κ2) is 7.43. The van der Waals surface area contributed by atoms with Gasteiger partial charge in [-0.05, 0) is 62.2 Å². The van der Waals surface area contributed by atoms with E-state index in [1.54, 1.807) is 0 Å². The molecule has 26 heavy (non-hydrogen) atoms. The van der Waals surface area contributed by atoms with Crippen molar-refractivity contribution in [1.82, 2.24) is 0 Å². The third-order valence-electron chi connectivity index (χ3n) is 7.34. The van der Waals surface area contributed by atoms with Gasteiger partial charge in [-0.3, -0.25) is 0 Å². The number of aliphatic hydroxyl groups is 2. The maximum atomic E-state index is 11.8. The van der Waals surface area contributed by atoms with Gasteiger partial charge < -0.3 is 19.7 Å². The summed E-state index contributed by atoms with van der Waals surface area (Å²) in [7, 11) is 1.35. The van der Waals surface area contributed by atoms with Crippen LogP contribution >= 0.6 is 0 Å². The van der Waals surface area contributed by atoms with E-state index in [1.165, 1.54) is 13.2 Å². The number of aliphatic hydroxyl groups excluding tert-OH is 1. The van der Waals surface area contributed by atoms with Crippen molar-refractivity contribution in [1.29, 1.82) is 0 Å². The molecule has 0 heterocycles. The zero-order chi connectivity index (χ0) is 19.8. The molecule has 0 aromatic rings. The van der Waals surface area contributed by atoms with Gasteiger partial charge in [0.1, 0.15) is 5.60 Å². The van der Waals surface area contributed by atoms with E-state index >= 15 is 0 Å². The summed E-state index contributed by atoms with van der Waals surface area (Å²) in [6, 6.07) is 0. The highest BCUT2D eigenvalue weighted by Gasteiger charge is 2.61. The van der Waals surface area contributed by atoms with Gasteiger partial charge in [-0.25, -0.2) is 4.79 Å². The van der Waals surface area contributed by atoms with Crippen LogP contribution in [0.25, 0.3) is 0 Å². The SMILES string of the molecule is COC(=O)/C=C(/C)CC[C@H]1[C@]2(C)CC[C@@H](O)C(C)(C)[C@H]2CC[C@]1(O)C=O. The first-order chi connectivity index (χ1) is 12.0. The van der Waals surface area contributed by atoms with Crippen LogP contribution in [0.2, 0.25) is 0 Å². The Labute approximate surface area is 156 Å². The Hall–Kier alpha value is -1.20. The number of fused-ring (bicyclic) bond motifs is 1. The van der Waals surface area contributed by atoms with Crippen LogP contribution in [0.3, 0.4) is 0 Å². The van der Waals surface area contributed by atoms with Crippen molar-refractivity contribution >= 4 is 12.3 Å². The summed E-state index contributed by atoms with van der Waals surface area (Å²) < 4.78 is 4.67. The second-order valence-corrected chi connectivity index (χ2v) is 9.19. The summed E-state index contributed by atoms with van der Waals surface area (Å²) in [5.74, 6) is -0.337. The Bertz CT molecular complexity index is 581. The summed E-state index contributed by atoms with van der Waals surface area (Å²) in [5.41, 5.74) is -0.921. The van der Waals surface area contributed by atoms with Crippen LogP contribution in [-0.4, -0.2) is 41.3 Å². The van der Waals surface area contributed by atoms with Crippen LogP contribution in [0.5, 0.6) is 0 Å². The summed E-state index contributed by atoms with van der Waals surface area (Å²) in [5, 5.41) is 21.6. The largest absolute Gasteiger partial charge is 0.466 e. The molecule has 2 aliphatic carbocycles. The molecule has 0 spiro atoms. The van der Waals surface area contributed by atoms with Crippen molar-refractivity contribution in [3.63, 3.8) is 0 Å². The van der Waals surface area contributed by atoms with Crippen LogP contribution in [0.1, 0.15) is 66.2 Å². The zero-order valence-electron chi connectivity index (χ0n) is 16.7. The molecule has 148 valence electrons. The lowest BCUT2D eigenvalue weighted by Crippen LogP contribution is -2.61. The molecule has 0 bridgehead atoms. The molecule has 0 amide bonds. The van der Waals surface area contributed by atoms with Gasteiger partial charge in [0.25, 0.3) is 0 Å². The Morgan fingerprint density at radius 1 is 1.23 bits per heavy atom. The highest BCUT2D eigenvalue weighted by Crippen LogP contribution is 2.62. The number of methoxy groups -OCH3 is 1. The highest BCUT2D eigenvalue weighted by molar-refractivity contribution is 5.82. The highest BCUT2D eigenvalue weighted by atomic mass is 16.5. The number of aldehydes is 1. The fraction of sp³-hybridized carbons (Fsp3) is 0.810. The zero-order valence-corrected chi connectivity index (χ0v) is 16.7. The minimum Gasteiger partial charge on any atom is -0.466 e.